The summed E-state index contributed by atoms with van der Waals surface area (Å²) in [6, 6.07) is 13.8. The van der Waals surface area contributed by atoms with Crippen LogP contribution in [-0.4, -0.2) is 23.5 Å². The van der Waals surface area contributed by atoms with E-state index in [1.165, 1.54) is 12.1 Å². The zero-order valence-electron chi connectivity index (χ0n) is 15.8. The molecular formula is C23H19ClFN3O. The molecule has 0 saturated carbocycles. The predicted octanol–water partition coefficient (Wildman–Crippen LogP) is 5.58. The molecule has 4 nitrogen and oxygen atoms in total. The van der Waals surface area contributed by atoms with Crippen LogP contribution in [0.5, 0.6) is 0 Å². The predicted molar refractivity (Wildman–Crippen MR) is 115 cm³/mol. The summed E-state index contributed by atoms with van der Waals surface area (Å²) < 4.78 is 13.3. The van der Waals surface area contributed by atoms with Gasteiger partial charge in [-0.05, 0) is 54.5 Å². The Hall–Kier alpha value is -3.18. The standard InChI is InChI=1S/C23H19ClFN3O/c1-16-9-10-28-14-19(13-26-29-15-17-3-2-4-21(25)12-17)23(27-22(28)11-16)18-5-7-20(24)8-6-18/h2-13H,14-15H2,1H3/b26-13+. The summed E-state index contributed by atoms with van der Waals surface area (Å²) in [6.45, 7) is 2.85. The maximum absolute atomic E-state index is 13.3. The molecule has 6 heteroatoms. The molecule has 0 unspecified atom stereocenters. The number of amidine groups is 1. The Balaban J connectivity index is 1.60. The van der Waals surface area contributed by atoms with E-state index in [0.717, 1.165) is 33.8 Å². The van der Waals surface area contributed by atoms with Crippen molar-refractivity contribution in [3.8, 4) is 0 Å². The Labute approximate surface area is 174 Å². The zero-order valence-corrected chi connectivity index (χ0v) is 16.6. The third-order valence-corrected chi connectivity index (χ3v) is 4.81. The minimum atomic E-state index is -0.294. The molecular weight excluding hydrogens is 389 g/mol. The number of aliphatic imine (C=N–C) groups is 1. The highest BCUT2D eigenvalue weighted by Crippen LogP contribution is 2.28. The average Bonchev–Trinajstić information content (AvgIpc) is 2.71. The second-order valence-corrected chi connectivity index (χ2v) is 7.26. The summed E-state index contributed by atoms with van der Waals surface area (Å²) in [5.41, 5.74) is 4.55. The molecule has 2 heterocycles. The Morgan fingerprint density at radius 2 is 2.07 bits per heavy atom. The SMILES string of the molecule is CC1=CC2=NC(c3ccc(Cl)cc3)=C(/C=N/OCc3cccc(F)c3)CN2C=C1. The fourth-order valence-corrected chi connectivity index (χ4v) is 3.22. The van der Waals surface area contributed by atoms with Gasteiger partial charge in [0.15, 0.2) is 0 Å². The number of hydrogen-bond acceptors (Lipinski definition) is 4. The molecule has 0 fully saturated rings. The van der Waals surface area contributed by atoms with E-state index in [2.05, 4.69) is 10.1 Å². The van der Waals surface area contributed by atoms with Crippen molar-refractivity contribution in [3.63, 3.8) is 0 Å². The second kappa shape index (κ2) is 8.45. The van der Waals surface area contributed by atoms with Crippen molar-refractivity contribution < 1.29 is 9.23 Å². The van der Waals surface area contributed by atoms with E-state index in [1.807, 2.05) is 49.5 Å². The molecule has 2 aromatic carbocycles. The van der Waals surface area contributed by atoms with Gasteiger partial charge in [-0.3, -0.25) is 0 Å². The number of benzene rings is 2. The Bertz CT molecular complexity index is 1070. The molecule has 4 rings (SSSR count). The van der Waals surface area contributed by atoms with Gasteiger partial charge in [0.2, 0.25) is 0 Å². The molecule has 0 spiro atoms. The van der Waals surface area contributed by atoms with E-state index in [-0.39, 0.29) is 12.4 Å². The van der Waals surface area contributed by atoms with Crippen molar-refractivity contribution in [1.29, 1.82) is 0 Å². The number of rotatable bonds is 5. The molecule has 0 saturated heterocycles. The maximum atomic E-state index is 13.3. The Morgan fingerprint density at radius 3 is 2.86 bits per heavy atom. The largest absolute Gasteiger partial charge is 0.391 e. The van der Waals surface area contributed by atoms with Crippen molar-refractivity contribution in [2.75, 3.05) is 6.54 Å². The van der Waals surface area contributed by atoms with Gasteiger partial charge in [-0.25, -0.2) is 9.38 Å². The normalized spacial score (nSPS) is 16.0. The quantitative estimate of drug-likeness (QED) is 0.479. The van der Waals surface area contributed by atoms with Gasteiger partial charge in [-0.1, -0.05) is 41.0 Å². The monoisotopic (exact) mass is 407 g/mol. The number of allylic oxidation sites excluding steroid dienone is 2. The third kappa shape index (κ3) is 4.63. The van der Waals surface area contributed by atoms with Crippen LogP contribution in [0.25, 0.3) is 5.70 Å². The van der Waals surface area contributed by atoms with Crippen LogP contribution < -0.4 is 0 Å². The lowest BCUT2D eigenvalue weighted by Crippen LogP contribution is -2.32. The van der Waals surface area contributed by atoms with Gasteiger partial charge in [0, 0.05) is 22.4 Å². The molecule has 0 bridgehead atoms. The van der Waals surface area contributed by atoms with Crippen molar-refractivity contribution in [1.82, 2.24) is 4.90 Å². The van der Waals surface area contributed by atoms with E-state index in [1.54, 1.807) is 18.3 Å². The van der Waals surface area contributed by atoms with Gasteiger partial charge < -0.3 is 9.74 Å². The first-order valence-electron chi connectivity index (χ1n) is 9.19. The first-order chi connectivity index (χ1) is 14.1. The van der Waals surface area contributed by atoms with E-state index in [9.17, 15) is 4.39 Å². The second-order valence-electron chi connectivity index (χ2n) is 6.82. The molecule has 2 aliphatic rings. The smallest absolute Gasteiger partial charge is 0.142 e. The number of nitrogens with zero attached hydrogens (tertiary/aromatic N) is 3. The van der Waals surface area contributed by atoms with Crippen LogP contribution in [-0.2, 0) is 11.4 Å². The fourth-order valence-electron chi connectivity index (χ4n) is 3.09. The van der Waals surface area contributed by atoms with Gasteiger partial charge in [0.05, 0.1) is 18.5 Å². The molecule has 0 atom stereocenters. The summed E-state index contributed by atoms with van der Waals surface area (Å²) >= 11 is 6.04. The highest BCUT2D eigenvalue weighted by atomic mass is 35.5. The Morgan fingerprint density at radius 1 is 1.24 bits per heavy atom. The molecule has 0 aromatic heterocycles. The highest BCUT2D eigenvalue weighted by molar-refractivity contribution is 6.30. The zero-order chi connectivity index (χ0) is 20.2. The van der Waals surface area contributed by atoms with Gasteiger partial charge in [0.25, 0.3) is 0 Å². The summed E-state index contributed by atoms with van der Waals surface area (Å²) in [6.07, 6.45) is 7.77. The molecule has 29 heavy (non-hydrogen) atoms. The van der Waals surface area contributed by atoms with Crippen molar-refractivity contribution in [3.05, 3.63) is 100.0 Å². The van der Waals surface area contributed by atoms with Gasteiger partial charge in [-0.2, -0.15) is 0 Å². The van der Waals surface area contributed by atoms with E-state index in [0.29, 0.717) is 11.6 Å². The van der Waals surface area contributed by atoms with E-state index >= 15 is 0 Å². The van der Waals surface area contributed by atoms with Gasteiger partial charge in [0.1, 0.15) is 18.3 Å². The highest BCUT2D eigenvalue weighted by Gasteiger charge is 2.21. The topological polar surface area (TPSA) is 37.2 Å². The van der Waals surface area contributed by atoms with E-state index in [4.69, 9.17) is 21.4 Å². The summed E-state index contributed by atoms with van der Waals surface area (Å²) in [5.74, 6) is 0.588. The van der Waals surface area contributed by atoms with Gasteiger partial charge in [-0.15, -0.1) is 0 Å². The number of oxime groups is 1. The molecule has 2 aromatic rings. The lowest BCUT2D eigenvalue weighted by Gasteiger charge is -2.29. The van der Waals surface area contributed by atoms with Gasteiger partial charge >= 0.3 is 0 Å². The minimum absolute atomic E-state index is 0.192. The van der Waals surface area contributed by atoms with Crippen LogP contribution in [0.15, 0.2) is 88.2 Å². The first kappa shape index (κ1) is 19.2. The number of halogens is 2. The van der Waals surface area contributed by atoms with Crippen molar-refractivity contribution in [2.24, 2.45) is 10.1 Å². The van der Waals surface area contributed by atoms with Crippen LogP contribution in [0, 0.1) is 5.82 Å². The molecule has 146 valence electrons. The maximum Gasteiger partial charge on any atom is 0.142 e. The minimum Gasteiger partial charge on any atom is -0.391 e. The van der Waals surface area contributed by atoms with E-state index < -0.39 is 0 Å². The van der Waals surface area contributed by atoms with Crippen LogP contribution >= 0.6 is 11.6 Å². The summed E-state index contributed by atoms with van der Waals surface area (Å²) in [4.78, 5) is 12.3. The molecule has 2 aliphatic heterocycles. The Kier molecular flexibility index (Phi) is 5.58. The molecule has 0 aliphatic carbocycles. The lowest BCUT2D eigenvalue weighted by atomic mass is 10.0. The molecule has 0 radical (unpaired) electrons. The molecule has 0 N–H and O–H groups in total. The fraction of sp³-hybridized carbons (Fsp3) is 0.130. The number of fused-ring (bicyclic) bond motifs is 1. The van der Waals surface area contributed by atoms with Crippen LogP contribution in [0.3, 0.4) is 0 Å². The molecule has 0 amide bonds. The number of hydrogen-bond donors (Lipinski definition) is 0. The van der Waals surface area contributed by atoms with Crippen molar-refractivity contribution in [2.45, 2.75) is 13.5 Å². The first-order valence-corrected chi connectivity index (χ1v) is 9.57. The summed E-state index contributed by atoms with van der Waals surface area (Å²) in [7, 11) is 0. The summed E-state index contributed by atoms with van der Waals surface area (Å²) in [5, 5.41) is 4.77. The van der Waals surface area contributed by atoms with Crippen LogP contribution in [0.4, 0.5) is 4.39 Å². The lowest BCUT2D eigenvalue weighted by molar-refractivity contribution is 0.132. The van der Waals surface area contributed by atoms with Crippen LogP contribution in [0.1, 0.15) is 18.1 Å². The van der Waals surface area contributed by atoms with Crippen molar-refractivity contribution >= 4 is 29.3 Å². The average molecular weight is 408 g/mol. The van der Waals surface area contributed by atoms with Crippen LogP contribution in [0.2, 0.25) is 5.02 Å². The third-order valence-electron chi connectivity index (χ3n) is 4.56.